The van der Waals surface area contributed by atoms with Gasteiger partial charge in [-0.1, -0.05) is 0 Å². The molecule has 0 bridgehead atoms. The number of carbonyl (C=O) groups excluding carboxylic acids is 1. The molecule has 6 nitrogen and oxygen atoms in total. The third-order valence-corrected chi connectivity index (χ3v) is 3.11. The minimum absolute atomic E-state index is 0.00764. The van der Waals surface area contributed by atoms with Crippen molar-refractivity contribution in [1.82, 2.24) is 14.5 Å². The number of aromatic nitrogens is 2. The van der Waals surface area contributed by atoms with Crippen LogP contribution in [-0.4, -0.2) is 54.3 Å². The van der Waals surface area contributed by atoms with Gasteiger partial charge in [-0.15, -0.1) is 0 Å². The molecule has 0 radical (unpaired) electrons. The minimum atomic E-state index is 0.00764. The predicted octanol–water partition coefficient (Wildman–Crippen LogP) is 0.134. The van der Waals surface area contributed by atoms with Gasteiger partial charge in [0.15, 0.2) is 0 Å². The molecule has 2 heterocycles. The Hall–Kier alpha value is -1.40. The van der Waals surface area contributed by atoms with E-state index in [0.29, 0.717) is 19.7 Å². The van der Waals surface area contributed by atoms with Crippen LogP contribution in [0.4, 0.5) is 0 Å². The molecule has 1 amide bonds. The van der Waals surface area contributed by atoms with E-state index in [0.717, 1.165) is 12.2 Å². The molecule has 0 saturated heterocycles. The van der Waals surface area contributed by atoms with Gasteiger partial charge >= 0.3 is 0 Å². The summed E-state index contributed by atoms with van der Waals surface area (Å²) < 4.78 is 12.2. The van der Waals surface area contributed by atoms with Gasteiger partial charge in [0.05, 0.1) is 25.2 Å². The first-order chi connectivity index (χ1) is 8.74. The fourth-order valence-electron chi connectivity index (χ4n) is 2.30. The van der Waals surface area contributed by atoms with Crippen molar-refractivity contribution in [2.24, 2.45) is 5.92 Å². The Bertz CT molecular complexity index is 405. The van der Waals surface area contributed by atoms with Crippen LogP contribution >= 0.6 is 0 Å². The molecular weight excluding hydrogens is 234 g/mol. The molecular formula is C12H19N3O3. The lowest BCUT2D eigenvalue weighted by atomic mass is 10.1. The molecule has 0 saturated carbocycles. The Morgan fingerprint density at radius 2 is 2.28 bits per heavy atom. The second kappa shape index (κ2) is 5.97. The van der Waals surface area contributed by atoms with Crippen molar-refractivity contribution in [1.29, 1.82) is 0 Å². The van der Waals surface area contributed by atoms with Gasteiger partial charge < -0.3 is 18.9 Å². The van der Waals surface area contributed by atoms with Crippen LogP contribution in [0, 0.1) is 5.92 Å². The zero-order valence-electron chi connectivity index (χ0n) is 10.8. The molecule has 6 heteroatoms. The van der Waals surface area contributed by atoms with E-state index in [1.807, 2.05) is 17.4 Å². The summed E-state index contributed by atoms with van der Waals surface area (Å²) in [5.74, 6) is 0.291. The number of rotatable bonds is 4. The zero-order valence-corrected chi connectivity index (χ0v) is 10.8. The van der Waals surface area contributed by atoms with Crippen LogP contribution in [0.15, 0.2) is 12.5 Å². The predicted molar refractivity (Wildman–Crippen MR) is 64.9 cm³/mol. The average molecular weight is 253 g/mol. The topological polar surface area (TPSA) is 56.6 Å². The lowest BCUT2D eigenvalue weighted by Gasteiger charge is -2.23. The number of imidazole rings is 1. The maximum absolute atomic E-state index is 12.0. The summed E-state index contributed by atoms with van der Waals surface area (Å²) in [4.78, 5) is 17.9. The fourth-order valence-corrected chi connectivity index (χ4v) is 2.30. The molecule has 1 aromatic rings. The molecule has 2 rings (SSSR count). The van der Waals surface area contributed by atoms with Gasteiger partial charge in [-0.05, 0) is 0 Å². The SMILES string of the molecule is COCC(=O)N1Cc2cncn2CC(COC)C1. The highest BCUT2D eigenvalue weighted by Crippen LogP contribution is 2.16. The average Bonchev–Trinajstić information content (AvgIpc) is 2.69. The molecule has 18 heavy (non-hydrogen) atoms. The van der Waals surface area contributed by atoms with Crippen molar-refractivity contribution >= 4 is 5.91 Å². The summed E-state index contributed by atoms with van der Waals surface area (Å²) in [6.07, 6.45) is 3.62. The van der Waals surface area contributed by atoms with Crippen molar-refractivity contribution < 1.29 is 14.3 Å². The van der Waals surface area contributed by atoms with Gasteiger partial charge in [-0.3, -0.25) is 4.79 Å². The van der Waals surface area contributed by atoms with Crippen LogP contribution in [0.25, 0.3) is 0 Å². The lowest BCUT2D eigenvalue weighted by molar-refractivity contribution is -0.136. The van der Waals surface area contributed by atoms with Gasteiger partial charge in [-0.25, -0.2) is 4.98 Å². The molecule has 1 aromatic heterocycles. The van der Waals surface area contributed by atoms with E-state index in [4.69, 9.17) is 9.47 Å². The number of nitrogens with zero attached hydrogens (tertiary/aromatic N) is 3. The second-order valence-electron chi connectivity index (χ2n) is 4.57. The first-order valence-electron chi connectivity index (χ1n) is 5.99. The molecule has 0 aromatic carbocycles. The van der Waals surface area contributed by atoms with Crippen LogP contribution in [0.3, 0.4) is 0 Å². The Morgan fingerprint density at radius 1 is 1.44 bits per heavy atom. The van der Waals surface area contributed by atoms with Crippen molar-refractivity contribution in [3.8, 4) is 0 Å². The highest BCUT2D eigenvalue weighted by molar-refractivity contribution is 5.77. The van der Waals surface area contributed by atoms with E-state index in [-0.39, 0.29) is 18.4 Å². The van der Waals surface area contributed by atoms with Gasteiger partial charge in [0.25, 0.3) is 0 Å². The smallest absolute Gasteiger partial charge is 0.248 e. The van der Waals surface area contributed by atoms with Crippen LogP contribution < -0.4 is 0 Å². The number of hydrogen-bond donors (Lipinski definition) is 0. The Labute approximate surface area is 106 Å². The number of carbonyl (C=O) groups is 1. The van der Waals surface area contributed by atoms with Crippen LogP contribution in [0.2, 0.25) is 0 Å². The van der Waals surface area contributed by atoms with E-state index in [1.165, 1.54) is 7.11 Å². The third-order valence-electron chi connectivity index (χ3n) is 3.11. The third kappa shape index (κ3) is 2.88. The number of fused-ring (bicyclic) bond motifs is 1. The number of hydrogen-bond acceptors (Lipinski definition) is 4. The quantitative estimate of drug-likeness (QED) is 0.765. The second-order valence-corrected chi connectivity index (χ2v) is 4.57. The zero-order chi connectivity index (χ0) is 13.0. The fraction of sp³-hybridized carbons (Fsp3) is 0.667. The van der Waals surface area contributed by atoms with E-state index >= 15 is 0 Å². The van der Waals surface area contributed by atoms with E-state index < -0.39 is 0 Å². The van der Waals surface area contributed by atoms with Gasteiger partial charge in [0, 0.05) is 39.4 Å². The molecule has 0 N–H and O–H groups in total. The molecule has 0 spiro atoms. The Kier molecular flexibility index (Phi) is 4.33. The molecule has 0 aliphatic carbocycles. The molecule has 0 fully saturated rings. The summed E-state index contributed by atoms with van der Waals surface area (Å²) in [5.41, 5.74) is 1.05. The molecule has 1 aliphatic heterocycles. The minimum Gasteiger partial charge on any atom is -0.384 e. The monoisotopic (exact) mass is 253 g/mol. The van der Waals surface area contributed by atoms with Crippen LogP contribution in [0.5, 0.6) is 0 Å². The maximum Gasteiger partial charge on any atom is 0.248 e. The van der Waals surface area contributed by atoms with Gasteiger partial charge in [-0.2, -0.15) is 0 Å². The van der Waals surface area contributed by atoms with Crippen LogP contribution in [-0.2, 0) is 27.4 Å². The first-order valence-corrected chi connectivity index (χ1v) is 5.99. The van der Waals surface area contributed by atoms with Gasteiger partial charge in [0.2, 0.25) is 5.91 Å². The van der Waals surface area contributed by atoms with Crippen molar-refractivity contribution in [2.45, 2.75) is 13.1 Å². The number of methoxy groups -OCH3 is 2. The van der Waals surface area contributed by atoms with Crippen molar-refractivity contribution in [2.75, 3.05) is 34.0 Å². The van der Waals surface area contributed by atoms with Crippen molar-refractivity contribution in [3.05, 3.63) is 18.2 Å². The van der Waals surface area contributed by atoms with Gasteiger partial charge in [0.1, 0.15) is 6.61 Å². The highest BCUT2D eigenvalue weighted by Gasteiger charge is 2.24. The summed E-state index contributed by atoms with van der Waals surface area (Å²) >= 11 is 0. The Morgan fingerprint density at radius 3 is 3.00 bits per heavy atom. The summed E-state index contributed by atoms with van der Waals surface area (Å²) in [6, 6.07) is 0. The summed E-state index contributed by atoms with van der Waals surface area (Å²) in [6.45, 7) is 2.86. The molecule has 100 valence electrons. The summed E-state index contributed by atoms with van der Waals surface area (Å²) in [5, 5.41) is 0. The number of amides is 1. The summed E-state index contributed by atoms with van der Waals surface area (Å²) in [7, 11) is 3.22. The highest BCUT2D eigenvalue weighted by atomic mass is 16.5. The van der Waals surface area contributed by atoms with E-state index in [9.17, 15) is 4.79 Å². The maximum atomic E-state index is 12.0. The van der Waals surface area contributed by atoms with Crippen LogP contribution in [0.1, 0.15) is 5.69 Å². The number of ether oxygens (including phenoxy) is 2. The Balaban J connectivity index is 2.14. The van der Waals surface area contributed by atoms with Crippen molar-refractivity contribution in [3.63, 3.8) is 0 Å². The first kappa shape index (κ1) is 13.0. The molecule has 1 aliphatic rings. The molecule has 1 unspecified atom stereocenters. The largest absolute Gasteiger partial charge is 0.384 e. The standard InChI is InChI=1S/C12H19N3O3/c1-17-7-10-4-14(12(16)8-18-2)6-11-3-13-9-15(11)5-10/h3,9-10H,4-8H2,1-2H3. The lowest BCUT2D eigenvalue weighted by Crippen LogP contribution is -2.37. The van der Waals surface area contributed by atoms with E-state index in [2.05, 4.69) is 9.55 Å². The van der Waals surface area contributed by atoms with E-state index in [1.54, 1.807) is 7.11 Å². The molecule has 1 atom stereocenters. The normalized spacial score (nSPS) is 19.4.